The van der Waals surface area contributed by atoms with Crippen molar-refractivity contribution in [3.05, 3.63) is 54.4 Å². The molecule has 0 spiro atoms. The summed E-state index contributed by atoms with van der Waals surface area (Å²) in [6.45, 7) is 3.17. The monoisotopic (exact) mass is 295 g/mol. The molecule has 2 heterocycles. The van der Waals surface area contributed by atoms with E-state index in [2.05, 4.69) is 15.1 Å². The molecule has 0 aliphatic rings. The van der Waals surface area contributed by atoms with Gasteiger partial charge in [-0.15, -0.1) is 0 Å². The van der Waals surface area contributed by atoms with E-state index in [0.29, 0.717) is 30.7 Å². The fourth-order valence-electron chi connectivity index (χ4n) is 2.13. The number of rotatable bonds is 5. The van der Waals surface area contributed by atoms with Crippen LogP contribution in [0.3, 0.4) is 0 Å². The van der Waals surface area contributed by atoms with Crippen molar-refractivity contribution in [2.24, 2.45) is 0 Å². The van der Waals surface area contributed by atoms with E-state index >= 15 is 0 Å². The van der Waals surface area contributed by atoms with Crippen molar-refractivity contribution in [2.75, 3.05) is 5.73 Å². The number of nitrogens with two attached hydrogens (primary N) is 1. The fourth-order valence-corrected chi connectivity index (χ4v) is 2.13. The van der Waals surface area contributed by atoms with Gasteiger partial charge in [-0.1, -0.05) is 30.3 Å². The summed E-state index contributed by atoms with van der Waals surface area (Å²) in [7, 11) is 0. The predicted octanol–water partition coefficient (Wildman–Crippen LogP) is 2.52. The normalized spacial score (nSPS) is 10.6. The maximum atomic E-state index is 5.96. The lowest BCUT2D eigenvalue weighted by Crippen LogP contribution is -2.05. The molecule has 0 aliphatic carbocycles. The number of anilines is 1. The molecule has 3 aromatic rings. The third kappa shape index (κ3) is 2.90. The average Bonchev–Trinajstić information content (AvgIpc) is 2.97. The minimum atomic E-state index is 0.420. The van der Waals surface area contributed by atoms with E-state index < -0.39 is 0 Å². The van der Waals surface area contributed by atoms with Crippen LogP contribution in [-0.4, -0.2) is 19.7 Å². The summed E-state index contributed by atoms with van der Waals surface area (Å²) < 4.78 is 7.74. The van der Waals surface area contributed by atoms with Crippen LogP contribution < -0.4 is 10.5 Å². The quantitative estimate of drug-likeness (QED) is 0.782. The number of ether oxygens (including phenoxy) is 1. The summed E-state index contributed by atoms with van der Waals surface area (Å²) in [5.41, 5.74) is 7.56. The molecule has 0 saturated heterocycles. The highest BCUT2D eigenvalue weighted by Crippen LogP contribution is 2.28. The molecule has 1 aromatic carbocycles. The van der Waals surface area contributed by atoms with Gasteiger partial charge in [0.05, 0.1) is 6.20 Å². The van der Waals surface area contributed by atoms with Gasteiger partial charge in [0.1, 0.15) is 18.0 Å². The van der Waals surface area contributed by atoms with E-state index in [-0.39, 0.29) is 0 Å². The molecular formula is C16H17N5O. The predicted molar refractivity (Wildman–Crippen MR) is 84.1 cm³/mol. The third-order valence-electron chi connectivity index (χ3n) is 3.23. The van der Waals surface area contributed by atoms with Crippen LogP contribution in [0.25, 0.3) is 11.4 Å². The molecule has 3 rings (SSSR count). The van der Waals surface area contributed by atoms with E-state index in [1.807, 2.05) is 37.3 Å². The summed E-state index contributed by atoms with van der Waals surface area (Å²) >= 11 is 0. The molecule has 6 nitrogen and oxygen atoms in total. The number of nitrogen functional groups attached to an aromatic ring is 1. The summed E-state index contributed by atoms with van der Waals surface area (Å²) in [4.78, 5) is 8.49. The van der Waals surface area contributed by atoms with Gasteiger partial charge in [-0.3, -0.25) is 0 Å². The molecule has 0 fully saturated rings. The largest absolute Gasteiger partial charge is 0.472 e. The SMILES string of the molecule is CCn1ncc(-c2nccc(N)n2)c1OCc1ccccc1. The lowest BCUT2D eigenvalue weighted by atomic mass is 10.2. The van der Waals surface area contributed by atoms with Crippen LogP contribution in [0.15, 0.2) is 48.8 Å². The Hall–Kier alpha value is -2.89. The van der Waals surface area contributed by atoms with Gasteiger partial charge in [-0.25, -0.2) is 14.6 Å². The summed E-state index contributed by atoms with van der Waals surface area (Å²) in [5, 5.41) is 4.32. The van der Waals surface area contributed by atoms with Crippen molar-refractivity contribution in [3.8, 4) is 17.3 Å². The van der Waals surface area contributed by atoms with Crippen LogP contribution in [-0.2, 0) is 13.2 Å². The maximum Gasteiger partial charge on any atom is 0.223 e. The zero-order valence-corrected chi connectivity index (χ0v) is 12.3. The van der Waals surface area contributed by atoms with E-state index in [4.69, 9.17) is 10.5 Å². The van der Waals surface area contributed by atoms with Crippen LogP contribution in [0.5, 0.6) is 5.88 Å². The Bertz CT molecular complexity index is 754. The number of hydrogen-bond acceptors (Lipinski definition) is 5. The lowest BCUT2D eigenvalue weighted by Gasteiger charge is -2.10. The number of aromatic nitrogens is 4. The Morgan fingerprint density at radius 1 is 1.18 bits per heavy atom. The van der Waals surface area contributed by atoms with Crippen LogP contribution >= 0.6 is 0 Å². The standard InChI is InChI=1S/C16H17N5O/c1-2-21-16(22-11-12-6-4-3-5-7-12)13(10-19-21)15-18-9-8-14(17)20-15/h3-10H,2,11H2,1H3,(H2,17,18,20). The molecule has 6 heteroatoms. The molecule has 2 N–H and O–H groups in total. The van der Waals surface area contributed by atoms with Gasteiger partial charge in [0, 0.05) is 12.7 Å². The summed E-state index contributed by atoms with van der Waals surface area (Å²) in [5.74, 6) is 1.59. The first-order chi connectivity index (χ1) is 10.8. The zero-order chi connectivity index (χ0) is 15.4. The first-order valence-electron chi connectivity index (χ1n) is 7.09. The van der Waals surface area contributed by atoms with Crippen molar-refractivity contribution in [2.45, 2.75) is 20.1 Å². The highest BCUT2D eigenvalue weighted by Gasteiger charge is 2.16. The van der Waals surface area contributed by atoms with Crippen molar-refractivity contribution in [1.82, 2.24) is 19.7 Å². The second-order valence-corrected chi connectivity index (χ2v) is 4.76. The highest BCUT2D eigenvalue weighted by molar-refractivity contribution is 5.61. The minimum Gasteiger partial charge on any atom is -0.472 e. The molecule has 22 heavy (non-hydrogen) atoms. The van der Waals surface area contributed by atoms with Crippen molar-refractivity contribution >= 4 is 5.82 Å². The van der Waals surface area contributed by atoms with Gasteiger partial charge in [0.25, 0.3) is 0 Å². The second kappa shape index (κ2) is 6.26. The van der Waals surface area contributed by atoms with Gasteiger partial charge in [-0.05, 0) is 18.6 Å². The van der Waals surface area contributed by atoms with Crippen molar-refractivity contribution in [3.63, 3.8) is 0 Å². The van der Waals surface area contributed by atoms with Crippen molar-refractivity contribution < 1.29 is 4.74 Å². The number of nitrogens with zero attached hydrogens (tertiary/aromatic N) is 4. The topological polar surface area (TPSA) is 78.9 Å². The first kappa shape index (κ1) is 14.1. The fraction of sp³-hybridized carbons (Fsp3) is 0.188. The second-order valence-electron chi connectivity index (χ2n) is 4.76. The number of benzene rings is 1. The Labute approximate surface area is 128 Å². The molecule has 2 aromatic heterocycles. The smallest absolute Gasteiger partial charge is 0.223 e. The number of hydrogen-bond donors (Lipinski definition) is 1. The molecule has 0 atom stereocenters. The van der Waals surface area contributed by atoms with E-state index in [1.54, 1.807) is 23.1 Å². The Morgan fingerprint density at radius 3 is 2.73 bits per heavy atom. The molecule has 0 amide bonds. The highest BCUT2D eigenvalue weighted by atomic mass is 16.5. The minimum absolute atomic E-state index is 0.420. The zero-order valence-electron chi connectivity index (χ0n) is 12.3. The Morgan fingerprint density at radius 2 is 2.00 bits per heavy atom. The lowest BCUT2D eigenvalue weighted by molar-refractivity contribution is 0.275. The van der Waals surface area contributed by atoms with Gasteiger partial charge in [-0.2, -0.15) is 5.10 Å². The van der Waals surface area contributed by atoms with Gasteiger partial charge >= 0.3 is 0 Å². The Kier molecular flexibility index (Phi) is 4.00. The third-order valence-corrected chi connectivity index (χ3v) is 3.23. The molecule has 0 bridgehead atoms. The van der Waals surface area contributed by atoms with E-state index in [1.165, 1.54) is 0 Å². The van der Waals surface area contributed by atoms with Gasteiger partial charge < -0.3 is 10.5 Å². The van der Waals surface area contributed by atoms with Gasteiger partial charge in [0.2, 0.25) is 5.88 Å². The summed E-state index contributed by atoms with van der Waals surface area (Å²) in [6, 6.07) is 11.6. The molecule has 112 valence electrons. The average molecular weight is 295 g/mol. The van der Waals surface area contributed by atoms with E-state index in [9.17, 15) is 0 Å². The van der Waals surface area contributed by atoms with E-state index in [0.717, 1.165) is 11.1 Å². The maximum absolute atomic E-state index is 5.96. The number of aryl methyl sites for hydroxylation is 1. The summed E-state index contributed by atoms with van der Waals surface area (Å²) in [6.07, 6.45) is 3.33. The van der Waals surface area contributed by atoms with Crippen LogP contribution in [0.1, 0.15) is 12.5 Å². The molecule has 0 saturated carbocycles. The van der Waals surface area contributed by atoms with Gasteiger partial charge in [0.15, 0.2) is 5.82 Å². The molecule has 0 aliphatic heterocycles. The van der Waals surface area contributed by atoms with Crippen LogP contribution in [0, 0.1) is 0 Å². The molecule has 0 unspecified atom stereocenters. The van der Waals surface area contributed by atoms with Crippen LogP contribution in [0.4, 0.5) is 5.82 Å². The van der Waals surface area contributed by atoms with Crippen molar-refractivity contribution in [1.29, 1.82) is 0 Å². The molecule has 0 radical (unpaired) electrons. The first-order valence-corrected chi connectivity index (χ1v) is 7.09. The Balaban J connectivity index is 1.90. The van der Waals surface area contributed by atoms with Crippen LogP contribution in [0.2, 0.25) is 0 Å². The molecular weight excluding hydrogens is 278 g/mol.